The second-order valence-corrected chi connectivity index (χ2v) is 5.95. The van der Waals surface area contributed by atoms with Gasteiger partial charge in [0.05, 0.1) is 18.7 Å². The summed E-state index contributed by atoms with van der Waals surface area (Å²) in [6.45, 7) is 2.41. The molecule has 0 spiro atoms. The first-order valence-electron chi connectivity index (χ1n) is 6.24. The predicted molar refractivity (Wildman–Crippen MR) is 74.2 cm³/mol. The Kier molecular flexibility index (Phi) is 6.09. The summed E-state index contributed by atoms with van der Waals surface area (Å²) in [6.07, 6.45) is 1.27. The minimum atomic E-state index is -0.935. The van der Waals surface area contributed by atoms with Crippen LogP contribution in [0.4, 0.5) is 0 Å². The van der Waals surface area contributed by atoms with Crippen LogP contribution in [0.3, 0.4) is 0 Å². The summed E-state index contributed by atoms with van der Waals surface area (Å²) in [5, 5.41) is 18.7. The Labute approximate surface area is 117 Å². The maximum atomic E-state index is 12.1. The average molecular weight is 290 g/mol. The summed E-state index contributed by atoms with van der Waals surface area (Å²) in [6, 6.07) is -0.304. The van der Waals surface area contributed by atoms with Crippen molar-refractivity contribution < 1.29 is 19.8 Å². The molecule has 0 aromatic rings. The number of rotatable bonds is 6. The van der Waals surface area contributed by atoms with Crippen LogP contribution in [0.5, 0.6) is 0 Å². The molecule has 1 fully saturated rings. The molecule has 7 heteroatoms. The topological polar surface area (TPSA) is 81.1 Å². The molecular formula is C12H22N2O4S. The average Bonchev–Trinajstić information content (AvgIpc) is 2.69. The van der Waals surface area contributed by atoms with Crippen molar-refractivity contribution in [3.8, 4) is 0 Å². The number of nitrogens with zero attached hydrogens (tertiary/aromatic N) is 2. The molecule has 0 aromatic carbocycles. The van der Waals surface area contributed by atoms with E-state index in [-0.39, 0.29) is 31.0 Å². The lowest BCUT2D eigenvalue weighted by Crippen LogP contribution is -2.43. The number of carbonyl (C=O) groups is 2. The van der Waals surface area contributed by atoms with Gasteiger partial charge in [-0.3, -0.25) is 14.5 Å². The highest BCUT2D eigenvalue weighted by Crippen LogP contribution is 2.18. The molecule has 0 aliphatic carbocycles. The van der Waals surface area contributed by atoms with Crippen LogP contribution in [0.2, 0.25) is 0 Å². The number of hydrogen-bond acceptors (Lipinski definition) is 5. The molecule has 0 bridgehead atoms. The van der Waals surface area contributed by atoms with Gasteiger partial charge in [0.15, 0.2) is 0 Å². The monoisotopic (exact) mass is 290 g/mol. The molecule has 0 saturated carbocycles. The number of aliphatic hydroxyl groups is 1. The normalized spacial score (nSPS) is 24.8. The highest BCUT2D eigenvalue weighted by molar-refractivity contribution is 7.98. The van der Waals surface area contributed by atoms with Crippen LogP contribution in [0.15, 0.2) is 0 Å². The lowest BCUT2D eigenvalue weighted by molar-refractivity contribution is -0.138. The van der Waals surface area contributed by atoms with E-state index in [0.717, 1.165) is 5.75 Å². The number of thioether (sulfide) groups is 1. The van der Waals surface area contributed by atoms with E-state index in [0.29, 0.717) is 6.54 Å². The van der Waals surface area contributed by atoms with E-state index in [2.05, 4.69) is 0 Å². The largest absolute Gasteiger partial charge is 0.480 e. The van der Waals surface area contributed by atoms with Gasteiger partial charge in [-0.05, 0) is 13.3 Å². The zero-order valence-electron chi connectivity index (χ0n) is 11.6. The minimum Gasteiger partial charge on any atom is -0.480 e. The van der Waals surface area contributed by atoms with Crippen molar-refractivity contribution in [2.45, 2.75) is 19.1 Å². The van der Waals surface area contributed by atoms with Gasteiger partial charge in [0.2, 0.25) is 5.91 Å². The van der Waals surface area contributed by atoms with E-state index in [1.54, 1.807) is 28.6 Å². The van der Waals surface area contributed by atoms with Gasteiger partial charge in [-0.1, -0.05) is 6.92 Å². The zero-order chi connectivity index (χ0) is 14.6. The molecule has 1 amide bonds. The third kappa shape index (κ3) is 4.36. The molecule has 1 saturated heterocycles. The minimum absolute atomic E-state index is 0.0274. The summed E-state index contributed by atoms with van der Waals surface area (Å²) < 4.78 is 0. The molecule has 110 valence electrons. The van der Waals surface area contributed by atoms with Crippen molar-refractivity contribution >= 4 is 23.6 Å². The van der Waals surface area contributed by atoms with Crippen molar-refractivity contribution in [1.29, 1.82) is 0 Å². The molecule has 3 atom stereocenters. The molecule has 0 radical (unpaired) electrons. The number of aliphatic carboxylic acids is 1. The van der Waals surface area contributed by atoms with Crippen LogP contribution in [0.1, 0.15) is 6.92 Å². The Morgan fingerprint density at radius 3 is 2.63 bits per heavy atom. The standard InChI is InChI=1S/C12H22N2O4S/c1-8(7-19-3)12(18)14-4-9(10(15)5-14)13(2)6-11(16)17/h8-10,15H,4-7H2,1-3H3,(H,16,17)/t8?,9?,10-/m1/s1. The van der Waals surface area contributed by atoms with Gasteiger partial charge in [0.1, 0.15) is 0 Å². The molecule has 1 rings (SSSR count). The summed E-state index contributed by atoms with van der Waals surface area (Å²) in [5.41, 5.74) is 0. The second kappa shape index (κ2) is 7.12. The molecular weight excluding hydrogens is 268 g/mol. The Hall–Kier alpha value is -0.790. The van der Waals surface area contributed by atoms with Crippen molar-refractivity contribution in [2.24, 2.45) is 5.92 Å². The summed E-state index contributed by atoms with van der Waals surface area (Å²) in [5.74, 6) is -0.235. The highest BCUT2D eigenvalue weighted by Gasteiger charge is 2.37. The number of aliphatic hydroxyl groups excluding tert-OH is 1. The Morgan fingerprint density at radius 1 is 1.47 bits per heavy atom. The number of likely N-dealkylation sites (tertiary alicyclic amines) is 1. The number of hydrogen-bond donors (Lipinski definition) is 2. The van der Waals surface area contributed by atoms with Gasteiger partial charge in [-0.2, -0.15) is 11.8 Å². The van der Waals surface area contributed by atoms with E-state index in [1.165, 1.54) is 0 Å². The first-order valence-corrected chi connectivity index (χ1v) is 7.64. The van der Waals surface area contributed by atoms with Gasteiger partial charge in [0, 0.05) is 24.8 Å². The molecule has 6 nitrogen and oxygen atoms in total. The van der Waals surface area contributed by atoms with E-state index >= 15 is 0 Å². The Morgan fingerprint density at radius 2 is 2.11 bits per heavy atom. The van der Waals surface area contributed by atoms with Gasteiger partial charge in [-0.25, -0.2) is 0 Å². The third-order valence-corrected chi connectivity index (χ3v) is 4.19. The maximum Gasteiger partial charge on any atom is 0.317 e. The number of β-amino-alcohol motifs (C(OH)–C–C–N with tert-alkyl or cyclic N) is 1. The first kappa shape index (κ1) is 16.3. The second-order valence-electron chi connectivity index (χ2n) is 5.04. The fraction of sp³-hybridized carbons (Fsp3) is 0.833. The molecule has 1 aliphatic heterocycles. The summed E-state index contributed by atoms with van der Waals surface area (Å²) in [7, 11) is 1.65. The quantitative estimate of drug-likeness (QED) is 0.691. The molecule has 1 heterocycles. The van der Waals surface area contributed by atoms with Crippen molar-refractivity contribution in [2.75, 3.05) is 38.7 Å². The molecule has 19 heavy (non-hydrogen) atoms. The Balaban J connectivity index is 2.59. The van der Waals surface area contributed by atoms with Gasteiger partial charge < -0.3 is 15.1 Å². The van der Waals surface area contributed by atoms with Gasteiger partial charge >= 0.3 is 5.97 Å². The van der Waals surface area contributed by atoms with Crippen molar-refractivity contribution in [3.05, 3.63) is 0 Å². The van der Waals surface area contributed by atoms with Gasteiger partial charge in [0.25, 0.3) is 0 Å². The zero-order valence-corrected chi connectivity index (χ0v) is 12.4. The molecule has 0 aromatic heterocycles. The fourth-order valence-corrected chi connectivity index (χ4v) is 2.99. The van der Waals surface area contributed by atoms with Gasteiger partial charge in [-0.15, -0.1) is 0 Å². The highest BCUT2D eigenvalue weighted by atomic mass is 32.2. The van der Waals surface area contributed by atoms with E-state index in [1.807, 2.05) is 13.2 Å². The maximum absolute atomic E-state index is 12.1. The number of amides is 1. The van der Waals surface area contributed by atoms with Crippen LogP contribution >= 0.6 is 11.8 Å². The summed E-state index contributed by atoms with van der Waals surface area (Å²) >= 11 is 1.62. The molecule has 2 N–H and O–H groups in total. The third-order valence-electron chi connectivity index (χ3n) is 3.36. The van der Waals surface area contributed by atoms with E-state index in [9.17, 15) is 14.7 Å². The number of likely N-dealkylation sites (N-methyl/N-ethyl adjacent to an activating group) is 1. The van der Waals surface area contributed by atoms with Crippen LogP contribution in [-0.2, 0) is 9.59 Å². The number of carboxylic acid groups (broad SMARTS) is 1. The van der Waals surface area contributed by atoms with Crippen LogP contribution in [0.25, 0.3) is 0 Å². The Bertz CT molecular complexity index is 340. The van der Waals surface area contributed by atoms with Crippen LogP contribution in [-0.4, -0.2) is 82.7 Å². The number of carbonyl (C=O) groups excluding carboxylic acids is 1. The van der Waals surface area contributed by atoms with Crippen molar-refractivity contribution in [1.82, 2.24) is 9.80 Å². The molecule has 2 unspecified atom stereocenters. The SMILES string of the molecule is CSCC(C)C(=O)N1CC(N(C)CC(=O)O)[C@H](O)C1. The van der Waals surface area contributed by atoms with E-state index < -0.39 is 12.1 Å². The van der Waals surface area contributed by atoms with Crippen molar-refractivity contribution in [3.63, 3.8) is 0 Å². The smallest absolute Gasteiger partial charge is 0.317 e. The fourth-order valence-electron chi connectivity index (χ4n) is 2.35. The summed E-state index contributed by atoms with van der Waals surface area (Å²) in [4.78, 5) is 26.0. The lowest BCUT2D eigenvalue weighted by Gasteiger charge is -2.25. The first-order chi connectivity index (χ1) is 8.86. The van der Waals surface area contributed by atoms with E-state index in [4.69, 9.17) is 5.11 Å². The molecule has 1 aliphatic rings. The lowest BCUT2D eigenvalue weighted by atomic mass is 10.2. The van der Waals surface area contributed by atoms with Crippen LogP contribution in [0, 0.1) is 5.92 Å². The van der Waals surface area contributed by atoms with Crippen LogP contribution < -0.4 is 0 Å². The number of carboxylic acids is 1. The predicted octanol–water partition coefficient (Wildman–Crippen LogP) is -0.426.